The van der Waals surface area contributed by atoms with Crippen LogP contribution < -0.4 is 15.6 Å². The van der Waals surface area contributed by atoms with Gasteiger partial charge >= 0.3 is 0 Å². The number of hydrogen-bond acceptors (Lipinski definition) is 3. The Morgan fingerprint density at radius 2 is 1.87 bits per heavy atom. The Bertz CT molecular complexity index is 357. The van der Waals surface area contributed by atoms with Gasteiger partial charge in [-0.3, -0.25) is 15.6 Å². The first-order valence-corrected chi connectivity index (χ1v) is 4.49. The third-order valence-electron chi connectivity index (χ3n) is 1.83. The first-order chi connectivity index (χ1) is 7.13. The van der Waals surface area contributed by atoms with Crippen LogP contribution in [0.25, 0.3) is 5.70 Å². The third kappa shape index (κ3) is 3.34. The van der Waals surface area contributed by atoms with Gasteiger partial charge in [0.25, 0.3) is 0 Å². The van der Waals surface area contributed by atoms with Gasteiger partial charge < -0.3 is 4.74 Å². The molecule has 1 rings (SSSR count). The summed E-state index contributed by atoms with van der Waals surface area (Å²) in [6.07, 6.45) is 0. The van der Waals surface area contributed by atoms with E-state index in [1.165, 1.54) is 6.92 Å². The predicted octanol–water partition coefficient (Wildman–Crippen LogP) is 1.31. The maximum Gasteiger partial charge on any atom is 0.235 e. The van der Waals surface area contributed by atoms with E-state index in [1.54, 1.807) is 7.11 Å². The maximum absolute atomic E-state index is 10.6. The molecule has 1 amide bonds. The molecule has 0 aromatic heterocycles. The van der Waals surface area contributed by atoms with Crippen molar-refractivity contribution >= 4 is 11.6 Å². The van der Waals surface area contributed by atoms with Crippen molar-refractivity contribution in [1.82, 2.24) is 10.9 Å². The molecule has 0 unspecified atom stereocenters. The van der Waals surface area contributed by atoms with Gasteiger partial charge in [0, 0.05) is 6.92 Å². The molecule has 15 heavy (non-hydrogen) atoms. The van der Waals surface area contributed by atoms with Crippen molar-refractivity contribution in [3.8, 4) is 5.75 Å². The smallest absolute Gasteiger partial charge is 0.235 e. The van der Waals surface area contributed by atoms with Crippen LogP contribution in [0.5, 0.6) is 5.75 Å². The Morgan fingerprint density at radius 1 is 1.27 bits per heavy atom. The highest BCUT2D eigenvalue weighted by Crippen LogP contribution is 2.14. The van der Waals surface area contributed by atoms with Crippen LogP contribution in [0.4, 0.5) is 0 Å². The standard InChI is InChI=1S/C11H14N2O2/c1-8(12-13-9(2)14)10-4-6-11(15-3)7-5-10/h4-7,12H,1H2,2-3H3,(H,13,14). The van der Waals surface area contributed by atoms with Crippen LogP contribution in [0.15, 0.2) is 30.8 Å². The molecule has 0 spiro atoms. The summed E-state index contributed by atoms with van der Waals surface area (Å²) in [6.45, 7) is 5.21. The van der Waals surface area contributed by atoms with Crippen molar-refractivity contribution < 1.29 is 9.53 Å². The van der Waals surface area contributed by atoms with E-state index in [0.29, 0.717) is 5.70 Å². The van der Waals surface area contributed by atoms with E-state index in [4.69, 9.17) is 4.74 Å². The zero-order chi connectivity index (χ0) is 11.3. The molecule has 0 heterocycles. The van der Waals surface area contributed by atoms with E-state index in [2.05, 4.69) is 17.4 Å². The topological polar surface area (TPSA) is 50.4 Å². The summed E-state index contributed by atoms with van der Waals surface area (Å²) in [4.78, 5) is 10.6. The third-order valence-corrected chi connectivity index (χ3v) is 1.83. The van der Waals surface area contributed by atoms with Crippen molar-refractivity contribution in [3.63, 3.8) is 0 Å². The molecule has 4 nitrogen and oxygen atoms in total. The number of hydrogen-bond donors (Lipinski definition) is 2. The van der Waals surface area contributed by atoms with Crippen LogP contribution in [0, 0.1) is 0 Å². The molecule has 0 radical (unpaired) electrons. The zero-order valence-corrected chi connectivity index (χ0v) is 8.83. The fraction of sp³-hybridized carbons (Fsp3) is 0.182. The quantitative estimate of drug-likeness (QED) is 0.730. The van der Waals surface area contributed by atoms with Crippen molar-refractivity contribution in [2.45, 2.75) is 6.92 Å². The number of methoxy groups -OCH3 is 1. The summed E-state index contributed by atoms with van der Waals surface area (Å²) in [5, 5.41) is 0. The van der Waals surface area contributed by atoms with Gasteiger partial charge in [0.05, 0.1) is 12.8 Å². The number of carbonyl (C=O) groups excluding carboxylic acids is 1. The number of benzene rings is 1. The molecule has 1 aromatic rings. The molecule has 0 bridgehead atoms. The molecule has 0 saturated heterocycles. The molecular formula is C11H14N2O2. The summed E-state index contributed by atoms with van der Waals surface area (Å²) in [5.41, 5.74) is 6.68. The summed E-state index contributed by atoms with van der Waals surface area (Å²) >= 11 is 0. The van der Waals surface area contributed by atoms with Crippen LogP contribution in [0.2, 0.25) is 0 Å². The Labute approximate surface area is 88.9 Å². The van der Waals surface area contributed by atoms with E-state index in [0.717, 1.165) is 11.3 Å². The van der Waals surface area contributed by atoms with Gasteiger partial charge in [-0.1, -0.05) is 6.58 Å². The molecule has 80 valence electrons. The number of amides is 1. The van der Waals surface area contributed by atoms with Crippen molar-refractivity contribution in [3.05, 3.63) is 36.4 Å². The number of nitrogens with one attached hydrogen (secondary N) is 2. The minimum atomic E-state index is -0.162. The van der Waals surface area contributed by atoms with E-state index in [1.807, 2.05) is 24.3 Å². The van der Waals surface area contributed by atoms with Crippen LogP contribution in [-0.2, 0) is 4.79 Å². The van der Waals surface area contributed by atoms with Gasteiger partial charge in [0.1, 0.15) is 5.75 Å². The molecule has 0 atom stereocenters. The number of carbonyl (C=O) groups is 1. The molecule has 1 aromatic carbocycles. The van der Waals surface area contributed by atoms with Gasteiger partial charge in [0.15, 0.2) is 0 Å². The molecule has 0 aliphatic carbocycles. The van der Waals surface area contributed by atoms with E-state index >= 15 is 0 Å². The van der Waals surface area contributed by atoms with E-state index < -0.39 is 0 Å². The van der Waals surface area contributed by atoms with Gasteiger partial charge in [0.2, 0.25) is 5.91 Å². The average molecular weight is 206 g/mol. The minimum absolute atomic E-state index is 0.162. The second kappa shape index (κ2) is 5.05. The molecule has 0 aliphatic rings. The highest BCUT2D eigenvalue weighted by Gasteiger charge is 1.99. The fourth-order valence-corrected chi connectivity index (χ4v) is 1.03. The molecule has 0 saturated carbocycles. The summed E-state index contributed by atoms with van der Waals surface area (Å²) in [7, 11) is 1.61. The monoisotopic (exact) mass is 206 g/mol. The average Bonchev–Trinajstić information content (AvgIpc) is 2.26. The first-order valence-electron chi connectivity index (χ1n) is 4.49. The van der Waals surface area contributed by atoms with Crippen LogP contribution in [-0.4, -0.2) is 13.0 Å². The Kier molecular flexibility index (Phi) is 3.74. The fourth-order valence-electron chi connectivity index (χ4n) is 1.03. The first kappa shape index (κ1) is 11.1. The molecule has 0 aliphatic heterocycles. The highest BCUT2D eigenvalue weighted by molar-refractivity contribution is 5.74. The van der Waals surface area contributed by atoms with Crippen LogP contribution >= 0.6 is 0 Å². The summed E-state index contributed by atoms with van der Waals surface area (Å²) < 4.78 is 5.03. The van der Waals surface area contributed by atoms with E-state index in [9.17, 15) is 4.79 Å². The second-order valence-electron chi connectivity index (χ2n) is 3.01. The van der Waals surface area contributed by atoms with Crippen LogP contribution in [0.3, 0.4) is 0 Å². The Hall–Kier alpha value is -1.97. The SMILES string of the molecule is C=C(NNC(C)=O)c1ccc(OC)cc1. The lowest BCUT2D eigenvalue weighted by atomic mass is 10.2. The summed E-state index contributed by atoms with van der Waals surface area (Å²) in [5.74, 6) is 0.621. The van der Waals surface area contributed by atoms with Crippen LogP contribution in [0.1, 0.15) is 12.5 Å². The van der Waals surface area contributed by atoms with Gasteiger partial charge in [-0.05, 0) is 29.8 Å². The zero-order valence-electron chi connectivity index (χ0n) is 8.83. The lowest BCUT2D eigenvalue weighted by Crippen LogP contribution is -2.33. The number of ether oxygens (including phenoxy) is 1. The Morgan fingerprint density at radius 3 is 2.33 bits per heavy atom. The van der Waals surface area contributed by atoms with Crippen molar-refractivity contribution in [2.75, 3.05) is 7.11 Å². The minimum Gasteiger partial charge on any atom is -0.497 e. The largest absolute Gasteiger partial charge is 0.497 e. The molecule has 4 heteroatoms. The predicted molar refractivity (Wildman–Crippen MR) is 59.0 cm³/mol. The van der Waals surface area contributed by atoms with Gasteiger partial charge in [-0.25, -0.2) is 0 Å². The van der Waals surface area contributed by atoms with Crippen molar-refractivity contribution in [1.29, 1.82) is 0 Å². The highest BCUT2D eigenvalue weighted by atomic mass is 16.5. The summed E-state index contributed by atoms with van der Waals surface area (Å²) in [6, 6.07) is 7.37. The molecule has 2 N–H and O–H groups in total. The van der Waals surface area contributed by atoms with Gasteiger partial charge in [-0.2, -0.15) is 0 Å². The molecular weight excluding hydrogens is 192 g/mol. The number of rotatable bonds is 4. The lowest BCUT2D eigenvalue weighted by Gasteiger charge is -2.09. The normalized spacial score (nSPS) is 9.20. The second-order valence-corrected chi connectivity index (χ2v) is 3.01. The maximum atomic E-state index is 10.6. The van der Waals surface area contributed by atoms with E-state index in [-0.39, 0.29) is 5.91 Å². The number of hydrazine groups is 1. The molecule has 0 fully saturated rings. The van der Waals surface area contributed by atoms with Crippen molar-refractivity contribution in [2.24, 2.45) is 0 Å². The van der Waals surface area contributed by atoms with Gasteiger partial charge in [-0.15, -0.1) is 0 Å². The Balaban J connectivity index is 2.62. The lowest BCUT2D eigenvalue weighted by molar-refractivity contribution is -0.119.